The molecule has 0 unspecified atom stereocenters. The zero-order valence-corrected chi connectivity index (χ0v) is 17.0. The standard InChI is InChI=1S/C19H18IN3O2S/c20-15-7-3-5-13(11-15)17(24)22-19(26)21-16-8-4-6-14(12-16)18(25)23-9-1-2-10-23/h3-8,11-12H,1-2,9-10H2,(H2,21,22,24,26). The van der Waals surface area contributed by atoms with E-state index in [1.54, 1.807) is 30.3 Å². The molecule has 1 saturated heterocycles. The Kier molecular flexibility index (Phi) is 6.20. The summed E-state index contributed by atoms with van der Waals surface area (Å²) in [5, 5.41) is 5.82. The summed E-state index contributed by atoms with van der Waals surface area (Å²) < 4.78 is 0.974. The summed E-state index contributed by atoms with van der Waals surface area (Å²) in [5.41, 5.74) is 1.82. The van der Waals surface area contributed by atoms with Crippen molar-refractivity contribution < 1.29 is 9.59 Å². The van der Waals surface area contributed by atoms with Crippen LogP contribution >= 0.6 is 34.8 Å². The number of anilines is 1. The Bertz CT molecular complexity index is 850. The molecule has 1 aliphatic rings. The number of carbonyl (C=O) groups is 2. The Morgan fingerprint density at radius 3 is 2.42 bits per heavy atom. The average Bonchev–Trinajstić information content (AvgIpc) is 3.16. The van der Waals surface area contributed by atoms with E-state index in [-0.39, 0.29) is 16.9 Å². The van der Waals surface area contributed by atoms with E-state index in [9.17, 15) is 9.59 Å². The minimum absolute atomic E-state index is 0.0277. The molecule has 5 nitrogen and oxygen atoms in total. The maximum Gasteiger partial charge on any atom is 0.257 e. The first-order valence-electron chi connectivity index (χ1n) is 8.30. The molecule has 1 heterocycles. The van der Waals surface area contributed by atoms with Gasteiger partial charge in [0.15, 0.2) is 5.11 Å². The van der Waals surface area contributed by atoms with Crippen LogP contribution in [0.3, 0.4) is 0 Å². The van der Waals surface area contributed by atoms with E-state index in [1.807, 2.05) is 23.1 Å². The lowest BCUT2D eigenvalue weighted by molar-refractivity contribution is 0.0792. The molecular weight excluding hydrogens is 461 g/mol. The minimum atomic E-state index is -0.273. The van der Waals surface area contributed by atoms with Crippen molar-refractivity contribution in [2.24, 2.45) is 0 Å². The van der Waals surface area contributed by atoms with Crippen LogP contribution in [0.25, 0.3) is 0 Å². The van der Waals surface area contributed by atoms with Crippen LogP contribution < -0.4 is 10.6 Å². The number of amides is 2. The van der Waals surface area contributed by atoms with E-state index in [4.69, 9.17) is 12.2 Å². The van der Waals surface area contributed by atoms with Crippen molar-refractivity contribution in [3.63, 3.8) is 0 Å². The molecular formula is C19H18IN3O2S. The molecule has 3 rings (SSSR count). The summed E-state index contributed by atoms with van der Waals surface area (Å²) in [4.78, 5) is 26.6. The van der Waals surface area contributed by atoms with Gasteiger partial charge in [-0.15, -0.1) is 0 Å². The lowest BCUT2D eigenvalue weighted by Crippen LogP contribution is -2.34. The number of nitrogens with zero attached hydrogens (tertiary/aromatic N) is 1. The Morgan fingerprint density at radius 1 is 1.00 bits per heavy atom. The number of halogens is 1. The summed E-state index contributed by atoms with van der Waals surface area (Å²) >= 11 is 7.37. The highest BCUT2D eigenvalue weighted by atomic mass is 127. The third-order valence-electron chi connectivity index (χ3n) is 4.07. The first kappa shape index (κ1) is 18.8. The van der Waals surface area contributed by atoms with Crippen LogP contribution in [0.15, 0.2) is 48.5 Å². The van der Waals surface area contributed by atoms with Crippen molar-refractivity contribution in [1.29, 1.82) is 0 Å². The van der Waals surface area contributed by atoms with Crippen molar-refractivity contribution in [2.75, 3.05) is 18.4 Å². The number of carbonyl (C=O) groups excluding carboxylic acids is 2. The molecule has 0 atom stereocenters. The summed E-state index contributed by atoms with van der Waals surface area (Å²) in [5.74, 6) is -0.245. The van der Waals surface area contributed by atoms with Gasteiger partial charge in [0.05, 0.1) is 0 Å². The molecule has 0 radical (unpaired) electrons. The summed E-state index contributed by atoms with van der Waals surface area (Å²) in [6.07, 6.45) is 2.11. The number of likely N-dealkylation sites (tertiary alicyclic amines) is 1. The Morgan fingerprint density at radius 2 is 1.69 bits per heavy atom. The molecule has 2 amide bonds. The number of thiocarbonyl (C=S) groups is 1. The zero-order valence-electron chi connectivity index (χ0n) is 14.0. The smallest absolute Gasteiger partial charge is 0.257 e. The van der Waals surface area contributed by atoms with E-state index >= 15 is 0 Å². The molecule has 0 bridgehead atoms. The molecule has 0 aliphatic carbocycles. The van der Waals surface area contributed by atoms with E-state index in [0.717, 1.165) is 29.5 Å². The van der Waals surface area contributed by atoms with Gasteiger partial charge in [0.2, 0.25) is 0 Å². The number of rotatable bonds is 3. The van der Waals surface area contributed by atoms with Crippen molar-refractivity contribution in [3.8, 4) is 0 Å². The Balaban J connectivity index is 1.63. The number of hydrogen-bond donors (Lipinski definition) is 2. The SMILES string of the molecule is O=C(NC(=S)Nc1cccc(C(=O)N2CCCC2)c1)c1cccc(I)c1. The first-order chi connectivity index (χ1) is 12.5. The van der Waals surface area contributed by atoms with Gasteiger partial charge in [-0.1, -0.05) is 12.1 Å². The number of benzene rings is 2. The fourth-order valence-corrected chi connectivity index (χ4v) is 3.55. The topological polar surface area (TPSA) is 61.4 Å². The second kappa shape index (κ2) is 8.59. The molecule has 1 aliphatic heterocycles. The Labute approximate surface area is 171 Å². The third-order valence-corrected chi connectivity index (χ3v) is 4.95. The predicted octanol–water partition coefficient (Wildman–Crippen LogP) is 3.65. The monoisotopic (exact) mass is 479 g/mol. The van der Waals surface area contributed by atoms with Crippen LogP contribution in [-0.4, -0.2) is 34.9 Å². The van der Waals surface area contributed by atoms with Gasteiger partial charge in [0.25, 0.3) is 11.8 Å². The van der Waals surface area contributed by atoms with E-state index in [0.29, 0.717) is 16.8 Å². The van der Waals surface area contributed by atoms with Gasteiger partial charge in [-0.3, -0.25) is 14.9 Å². The van der Waals surface area contributed by atoms with Gasteiger partial charge in [0.1, 0.15) is 0 Å². The highest BCUT2D eigenvalue weighted by molar-refractivity contribution is 14.1. The van der Waals surface area contributed by atoms with Crippen molar-refractivity contribution >= 4 is 57.4 Å². The fraction of sp³-hybridized carbons (Fsp3) is 0.211. The van der Waals surface area contributed by atoms with Crippen molar-refractivity contribution in [2.45, 2.75) is 12.8 Å². The average molecular weight is 479 g/mol. The molecule has 2 N–H and O–H groups in total. The number of nitrogens with one attached hydrogen (secondary N) is 2. The molecule has 26 heavy (non-hydrogen) atoms. The van der Waals surface area contributed by atoms with Gasteiger partial charge in [0, 0.05) is 33.5 Å². The summed E-state index contributed by atoms with van der Waals surface area (Å²) in [6.45, 7) is 1.61. The molecule has 2 aromatic rings. The second-order valence-electron chi connectivity index (χ2n) is 6.00. The normalized spacial score (nSPS) is 13.3. The van der Waals surface area contributed by atoms with Crippen molar-refractivity contribution in [3.05, 3.63) is 63.2 Å². The van der Waals surface area contributed by atoms with Gasteiger partial charge in [-0.25, -0.2) is 0 Å². The third kappa shape index (κ3) is 4.79. The van der Waals surface area contributed by atoms with E-state index in [1.165, 1.54) is 0 Å². The molecule has 1 fully saturated rings. The molecule has 0 aromatic heterocycles. The molecule has 0 spiro atoms. The van der Waals surface area contributed by atoms with Gasteiger partial charge >= 0.3 is 0 Å². The maximum absolute atomic E-state index is 12.5. The highest BCUT2D eigenvalue weighted by Crippen LogP contribution is 2.16. The number of hydrogen-bond acceptors (Lipinski definition) is 3. The van der Waals surface area contributed by atoms with Gasteiger partial charge < -0.3 is 10.2 Å². The summed E-state index contributed by atoms with van der Waals surface area (Å²) in [7, 11) is 0. The zero-order chi connectivity index (χ0) is 18.5. The van der Waals surface area contributed by atoms with Crippen LogP contribution in [0, 0.1) is 3.57 Å². The van der Waals surface area contributed by atoms with Crippen LogP contribution in [0.1, 0.15) is 33.6 Å². The van der Waals surface area contributed by atoms with E-state index in [2.05, 4.69) is 33.2 Å². The van der Waals surface area contributed by atoms with Crippen LogP contribution in [0.5, 0.6) is 0 Å². The first-order valence-corrected chi connectivity index (χ1v) is 9.79. The fourth-order valence-electron chi connectivity index (χ4n) is 2.80. The largest absolute Gasteiger partial charge is 0.339 e. The van der Waals surface area contributed by atoms with Crippen LogP contribution in [0.2, 0.25) is 0 Å². The molecule has 134 valence electrons. The van der Waals surface area contributed by atoms with Gasteiger partial charge in [-0.2, -0.15) is 0 Å². The highest BCUT2D eigenvalue weighted by Gasteiger charge is 2.19. The Hall–Kier alpha value is -2.00. The molecule has 7 heteroatoms. The lowest BCUT2D eigenvalue weighted by atomic mass is 10.2. The second-order valence-corrected chi connectivity index (χ2v) is 7.65. The van der Waals surface area contributed by atoms with Gasteiger partial charge in [-0.05, 0) is 84.0 Å². The minimum Gasteiger partial charge on any atom is -0.339 e. The lowest BCUT2D eigenvalue weighted by Gasteiger charge is -2.16. The maximum atomic E-state index is 12.5. The van der Waals surface area contributed by atoms with Crippen molar-refractivity contribution in [1.82, 2.24) is 10.2 Å². The predicted molar refractivity (Wildman–Crippen MR) is 114 cm³/mol. The molecule has 2 aromatic carbocycles. The van der Waals surface area contributed by atoms with E-state index < -0.39 is 0 Å². The molecule has 0 saturated carbocycles. The van der Waals surface area contributed by atoms with Crippen LogP contribution in [-0.2, 0) is 0 Å². The van der Waals surface area contributed by atoms with Crippen LogP contribution in [0.4, 0.5) is 5.69 Å². The summed E-state index contributed by atoms with van der Waals surface area (Å²) in [6, 6.07) is 14.4. The quantitative estimate of drug-likeness (QED) is 0.522.